The molecule has 2 unspecified atom stereocenters. The Labute approximate surface area is 281 Å². The maximum atomic E-state index is 16.9. The van der Waals surface area contributed by atoms with E-state index in [-0.39, 0.29) is 52.5 Å². The lowest BCUT2D eigenvalue weighted by Gasteiger charge is -2.48. The lowest BCUT2D eigenvalue weighted by atomic mass is 9.94. The summed E-state index contributed by atoms with van der Waals surface area (Å²) in [5.41, 5.74) is 4.18. The SMILES string of the molecule is C=CC(=O)N1CC2COc3c(c4cc(F)c(-c5c(C)ccc6[nH]c(=O)n(C)c56)c(Cl)c4n(-c4c(C)ccnc4C(C)C)c3=O)N2CC1C. The molecule has 2 aliphatic rings. The fraction of sp³-hybridized carbons (Fsp3) is 0.333. The Balaban J connectivity index is 1.63. The number of hydrogen-bond acceptors (Lipinski definition) is 6. The van der Waals surface area contributed by atoms with E-state index in [1.807, 2.05) is 45.6 Å². The third kappa shape index (κ3) is 4.51. The zero-order valence-electron chi connectivity index (χ0n) is 27.6. The Morgan fingerprint density at radius 1 is 1.12 bits per heavy atom. The van der Waals surface area contributed by atoms with Gasteiger partial charge in [0.1, 0.15) is 12.4 Å². The standard InChI is InChI=1S/C36H36ClFN6O4/c1-8-25(45)42-15-21-16-48-34-32(43(21)14-20(42)6)22-13-23(38)27(26-18(4)9-10-24-33(26)41(7)36(47)40-24)28(37)31(22)44(35(34)46)30-19(5)11-12-39-29(30)17(2)3/h8-13,17,20-21H,1,14-16H2,2-7H3,(H,40,47). The number of hydrogen-bond donors (Lipinski definition) is 1. The number of ether oxygens (including phenoxy) is 1. The predicted molar refractivity (Wildman–Crippen MR) is 186 cm³/mol. The third-order valence-corrected chi connectivity index (χ3v) is 10.1. The number of imidazole rings is 1. The highest BCUT2D eigenvalue weighted by molar-refractivity contribution is 6.39. The molecule has 12 heteroatoms. The second-order valence-corrected chi connectivity index (χ2v) is 13.5. The molecule has 0 spiro atoms. The van der Waals surface area contributed by atoms with E-state index in [4.69, 9.17) is 16.3 Å². The van der Waals surface area contributed by atoms with Crippen molar-refractivity contribution in [2.45, 2.75) is 52.6 Å². The van der Waals surface area contributed by atoms with E-state index >= 15 is 4.39 Å². The van der Waals surface area contributed by atoms with Crippen molar-refractivity contribution < 1.29 is 13.9 Å². The van der Waals surface area contributed by atoms with Crippen LogP contribution in [0, 0.1) is 19.7 Å². The summed E-state index contributed by atoms with van der Waals surface area (Å²) in [5.74, 6) is -0.791. The molecule has 2 aromatic carbocycles. The van der Waals surface area contributed by atoms with Crippen molar-refractivity contribution in [2.75, 3.05) is 24.6 Å². The summed E-state index contributed by atoms with van der Waals surface area (Å²) < 4.78 is 26.1. The number of fused-ring (bicyclic) bond motifs is 6. The number of nitrogens with zero attached hydrogens (tertiary/aromatic N) is 5. The first-order valence-corrected chi connectivity index (χ1v) is 16.3. The van der Waals surface area contributed by atoms with Crippen LogP contribution in [-0.2, 0) is 11.8 Å². The summed E-state index contributed by atoms with van der Waals surface area (Å²) in [6.07, 6.45) is 3.00. The molecule has 5 aromatic rings. The summed E-state index contributed by atoms with van der Waals surface area (Å²) in [5, 5.41) is 0.407. The fourth-order valence-electron chi connectivity index (χ4n) is 7.39. The number of carbonyl (C=O) groups is 1. The van der Waals surface area contributed by atoms with E-state index < -0.39 is 11.4 Å². The molecule has 48 heavy (non-hydrogen) atoms. The minimum absolute atomic E-state index is 0.0164. The van der Waals surface area contributed by atoms with Gasteiger partial charge in [-0.25, -0.2) is 9.18 Å². The van der Waals surface area contributed by atoms with E-state index in [1.165, 1.54) is 21.3 Å². The number of piperazine rings is 1. The lowest BCUT2D eigenvalue weighted by Crippen LogP contribution is -2.62. The first-order valence-electron chi connectivity index (χ1n) is 15.9. The number of anilines is 1. The Morgan fingerprint density at radius 2 is 1.88 bits per heavy atom. The second-order valence-electron chi connectivity index (χ2n) is 13.1. The van der Waals surface area contributed by atoms with Gasteiger partial charge in [0, 0.05) is 48.9 Å². The fourth-order valence-corrected chi connectivity index (χ4v) is 7.76. The molecule has 1 fully saturated rings. The molecule has 5 heterocycles. The minimum Gasteiger partial charge on any atom is -0.484 e. The molecule has 0 radical (unpaired) electrons. The van der Waals surface area contributed by atoms with Crippen molar-refractivity contribution in [1.82, 2.24) is 24.0 Å². The van der Waals surface area contributed by atoms with Crippen LogP contribution in [0.15, 0.2) is 52.7 Å². The van der Waals surface area contributed by atoms with Crippen molar-refractivity contribution in [3.63, 3.8) is 0 Å². The molecule has 1 amide bonds. The summed E-state index contributed by atoms with van der Waals surface area (Å²) in [4.78, 5) is 51.5. The van der Waals surface area contributed by atoms with Crippen LogP contribution in [0.4, 0.5) is 10.1 Å². The van der Waals surface area contributed by atoms with Crippen molar-refractivity contribution in [3.05, 3.63) is 91.6 Å². The number of halogens is 2. The number of pyridine rings is 2. The van der Waals surface area contributed by atoms with E-state index in [1.54, 1.807) is 30.3 Å². The van der Waals surface area contributed by atoms with E-state index in [0.717, 1.165) is 5.56 Å². The smallest absolute Gasteiger partial charge is 0.326 e. The number of nitrogens with one attached hydrogen (secondary N) is 1. The number of benzene rings is 2. The monoisotopic (exact) mass is 670 g/mol. The van der Waals surface area contributed by atoms with Crippen LogP contribution >= 0.6 is 11.6 Å². The maximum Gasteiger partial charge on any atom is 0.326 e. The Bertz CT molecular complexity index is 2320. The molecule has 2 atom stereocenters. The van der Waals surface area contributed by atoms with Crippen molar-refractivity contribution in [1.29, 1.82) is 0 Å². The highest BCUT2D eigenvalue weighted by Crippen LogP contribution is 2.47. The normalized spacial score (nSPS) is 17.5. The van der Waals surface area contributed by atoms with Crippen LogP contribution in [0.2, 0.25) is 5.02 Å². The first kappa shape index (κ1) is 31.7. The van der Waals surface area contributed by atoms with Crippen molar-refractivity contribution in [2.24, 2.45) is 7.05 Å². The summed E-state index contributed by atoms with van der Waals surface area (Å²) in [7, 11) is 1.62. The molecule has 0 saturated carbocycles. The average molecular weight is 671 g/mol. The predicted octanol–water partition coefficient (Wildman–Crippen LogP) is 5.75. The van der Waals surface area contributed by atoms with Gasteiger partial charge >= 0.3 is 5.69 Å². The summed E-state index contributed by atoms with van der Waals surface area (Å²) in [6, 6.07) is 6.29. The Kier molecular flexibility index (Phi) is 7.50. The number of aromatic nitrogens is 4. The van der Waals surface area contributed by atoms with Gasteiger partial charge in [0.2, 0.25) is 11.7 Å². The largest absolute Gasteiger partial charge is 0.484 e. The highest BCUT2D eigenvalue weighted by atomic mass is 35.5. The molecule has 7 rings (SSSR count). The van der Waals surface area contributed by atoms with Gasteiger partial charge in [0.25, 0.3) is 5.56 Å². The van der Waals surface area contributed by atoms with Gasteiger partial charge in [0.15, 0.2) is 0 Å². The lowest BCUT2D eigenvalue weighted by molar-refractivity contribution is -0.129. The number of rotatable bonds is 4. The molecule has 248 valence electrons. The summed E-state index contributed by atoms with van der Waals surface area (Å²) in [6.45, 7) is 14.2. The Morgan fingerprint density at radius 3 is 2.58 bits per heavy atom. The first-order chi connectivity index (χ1) is 22.8. The Hall–Kier alpha value is -4.90. The van der Waals surface area contributed by atoms with Crippen LogP contribution in [0.25, 0.3) is 38.8 Å². The van der Waals surface area contributed by atoms with Gasteiger partial charge in [-0.05, 0) is 62.1 Å². The number of aromatic amines is 1. The van der Waals surface area contributed by atoms with Crippen LogP contribution in [0.1, 0.15) is 43.5 Å². The van der Waals surface area contributed by atoms with Gasteiger partial charge in [-0.2, -0.15) is 0 Å². The van der Waals surface area contributed by atoms with Crippen LogP contribution in [0.5, 0.6) is 5.75 Å². The average Bonchev–Trinajstić information content (AvgIpc) is 3.34. The van der Waals surface area contributed by atoms with Crippen molar-refractivity contribution >= 4 is 45.1 Å². The van der Waals surface area contributed by atoms with Gasteiger partial charge in [0.05, 0.1) is 44.7 Å². The molecule has 3 aromatic heterocycles. The number of amides is 1. The zero-order valence-corrected chi connectivity index (χ0v) is 28.4. The van der Waals surface area contributed by atoms with Crippen molar-refractivity contribution in [3.8, 4) is 22.6 Å². The van der Waals surface area contributed by atoms with Gasteiger partial charge in [-0.15, -0.1) is 0 Å². The molecule has 1 saturated heterocycles. The van der Waals surface area contributed by atoms with Crippen LogP contribution in [0.3, 0.4) is 0 Å². The molecule has 10 nitrogen and oxygen atoms in total. The number of carbonyl (C=O) groups excluding carboxylic acids is 1. The zero-order chi connectivity index (χ0) is 34.3. The van der Waals surface area contributed by atoms with E-state index in [9.17, 15) is 14.4 Å². The van der Waals surface area contributed by atoms with Gasteiger partial charge in [-0.3, -0.25) is 23.7 Å². The second kappa shape index (κ2) is 11.4. The van der Waals surface area contributed by atoms with E-state index in [0.29, 0.717) is 63.2 Å². The van der Waals surface area contributed by atoms with Crippen LogP contribution < -0.4 is 20.9 Å². The van der Waals surface area contributed by atoms with E-state index in [2.05, 4.69) is 16.5 Å². The maximum absolute atomic E-state index is 16.9. The van der Waals surface area contributed by atoms with Crippen LogP contribution in [-0.4, -0.2) is 61.7 Å². The molecular formula is C36H36ClFN6O4. The quantitative estimate of drug-likeness (QED) is 0.244. The number of aryl methyl sites for hydroxylation is 3. The molecule has 1 N–H and O–H groups in total. The third-order valence-electron chi connectivity index (χ3n) is 9.73. The molecule has 0 bridgehead atoms. The molecule has 0 aliphatic carbocycles. The van der Waals surface area contributed by atoms with Gasteiger partial charge < -0.3 is 19.5 Å². The minimum atomic E-state index is -0.619. The van der Waals surface area contributed by atoms with Gasteiger partial charge in [-0.1, -0.05) is 38.1 Å². The molecule has 2 aliphatic heterocycles. The highest BCUT2D eigenvalue weighted by Gasteiger charge is 2.41. The number of H-pyrrole nitrogens is 1. The summed E-state index contributed by atoms with van der Waals surface area (Å²) >= 11 is 7.41. The topological polar surface area (TPSA) is 105 Å². The molecular weight excluding hydrogens is 635 g/mol.